The Kier molecular flexibility index (Phi) is 3.23. The van der Waals surface area contributed by atoms with Crippen LogP contribution in [0.3, 0.4) is 0 Å². The van der Waals surface area contributed by atoms with Crippen LogP contribution in [0.4, 0.5) is 5.69 Å². The van der Waals surface area contributed by atoms with Crippen LogP contribution in [0, 0.1) is 6.92 Å². The lowest BCUT2D eigenvalue weighted by molar-refractivity contribution is 0.102. The molecule has 3 heterocycles. The molecule has 1 aromatic carbocycles. The molecule has 0 radical (unpaired) electrons. The standard InChI is InChI=1S/C16H13N3O5/c1-8-12(13-14(20)17-7-18-16(13)24-8)15(21)19-9-2-3-10-11(6-9)23-5-4-22-10/h2-3,6-7H,4-5H2,1H3,(H,19,21)(H,17,18,20). The molecule has 0 unspecified atom stereocenters. The van der Waals surface area contributed by atoms with Crippen LogP contribution in [-0.4, -0.2) is 29.1 Å². The summed E-state index contributed by atoms with van der Waals surface area (Å²) in [6.07, 6.45) is 1.23. The Balaban J connectivity index is 1.70. The van der Waals surface area contributed by atoms with E-state index in [4.69, 9.17) is 13.9 Å². The maximum absolute atomic E-state index is 12.6. The van der Waals surface area contributed by atoms with E-state index in [-0.39, 0.29) is 16.7 Å². The van der Waals surface area contributed by atoms with Crippen molar-refractivity contribution in [3.05, 3.63) is 46.2 Å². The number of benzene rings is 1. The van der Waals surface area contributed by atoms with Gasteiger partial charge in [0, 0.05) is 11.8 Å². The third-order valence-corrected chi connectivity index (χ3v) is 3.70. The summed E-state index contributed by atoms with van der Waals surface area (Å²) in [6, 6.07) is 5.09. The molecule has 24 heavy (non-hydrogen) atoms. The number of hydrogen-bond donors (Lipinski definition) is 2. The first-order chi connectivity index (χ1) is 11.6. The summed E-state index contributed by atoms with van der Waals surface area (Å²) in [5.41, 5.74) is 0.389. The number of aromatic nitrogens is 2. The largest absolute Gasteiger partial charge is 0.486 e. The zero-order chi connectivity index (χ0) is 16.7. The van der Waals surface area contributed by atoms with E-state index in [2.05, 4.69) is 15.3 Å². The van der Waals surface area contributed by atoms with Crippen molar-refractivity contribution in [2.45, 2.75) is 6.92 Å². The normalized spacial score (nSPS) is 13.0. The molecule has 2 aromatic heterocycles. The second-order valence-electron chi connectivity index (χ2n) is 5.26. The second kappa shape index (κ2) is 5.41. The van der Waals surface area contributed by atoms with Crippen molar-refractivity contribution in [3.63, 3.8) is 0 Å². The van der Waals surface area contributed by atoms with Crippen LogP contribution in [0.1, 0.15) is 16.1 Å². The Morgan fingerprint density at radius 2 is 2.04 bits per heavy atom. The lowest BCUT2D eigenvalue weighted by Gasteiger charge is -2.18. The Morgan fingerprint density at radius 1 is 1.25 bits per heavy atom. The van der Waals surface area contributed by atoms with Crippen molar-refractivity contribution in [3.8, 4) is 11.5 Å². The number of nitrogens with zero attached hydrogens (tertiary/aromatic N) is 1. The molecule has 4 rings (SSSR count). The summed E-state index contributed by atoms with van der Waals surface area (Å²) in [6.45, 7) is 2.56. The number of carbonyl (C=O) groups excluding carboxylic acids is 1. The highest BCUT2D eigenvalue weighted by Gasteiger charge is 2.22. The first kappa shape index (κ1) is 14.3. The van der Waals surface area contributed by atoms with E-state index in [9.17, 15) is 9.59 Å². The highest BCUT2D eigenvalue weighted by Crippen LogP contribution is 2.33. The maximum atomic E-state index is 12.6. The average molecular weight is 327 g/mol. The molecular formula is C16H13N3O5. The first-order valence-electron chi connectivity index (χ1n) is 7.31. The number of nitrogens with one attached hydrogen (secondary N) is 2. The second-order valence-corrected chi connectivity index (χ2v) is 5.26. The summed E-state index contributed by atoms with van der Waals surface area (Å²) in [5, 5.41) is 2.87. The molecule has 0 bridgehead atoms. The minimum Gasteiger partial charge on any atom is -0.486 e. The van der Waals surface area contributed by atoms with Gasteiger partial charge in [0.15, 0.2) is 11.5 Å². The molecule has 8 nitrogen and oxygen atoms in total. The lowest BCUT2D eigenvalue weighted by Crippen LogP contribution is -2.18. The molecule has 122 valence electrons. The van der Waals surface area contributed by atoms with Crippen LogP contribution in [-0.2, 0) is 0 Å². The minimum absolute atomic E-state index is 0.128. The molecule has 3 aromatic rings. The molecule has 0 saturated carbocycles. The number of carbonyl (C=O) groups is 1. The van der Waals surface area contributed by atoms with Gasteiger partial charge in [0.25, 0.3) is 11.5 Å². The van der Waals surface area contributed by atoms with Gasteiger partial charge in [-0.15, -0.1) is 0 Å². The average Bonchev–Trinajstić information content (AvgIpc) is 2.92. The number of aromatic amines is 1. The predicted molar refractivity (Wildman–Crippen MR) is 84.8 cm³/mol. The van der Waals surface area contributed by atoms with Gasteiger partial charge in [0.1, 0.15) is 24.4 Å². The zero-order valence-corrected chi connectivity index (χ0v) is 12.7. The van der Waals surface area contributed by atoms with Gasteiger partial charge in [0.05, 0.1) is 11.9 Å². The molecule has 1 amide bonds. The van der Waals surface area contributed by atoms with Crippen LogP contribution in [0.2, 0.25) is 0 Å². The third kappa shape index (κ3) is 2.28. The van der Waals surface area contributed by atoms with Crippen LogP contribution < -0.4 is 20.3 Å². The van der Waals surface area contributed by atoms with Gasteiger partial charge in [-0.05, 0) is 19.1 Å². The van der Waals surface area contributed by atoms with Gasteiger partial charge in [0.2, 0.25) is 5.71 Å². The topological polar surface area (TPSA) is 106 Å². The fraction of sp³-hybridized carbons (Fsp3) is 0.188. The molecule has 0 fully saturated rings. The molecule has 1 aliphatic rings. The predicted octanol–water partition coefficient (Wildman–Crippen LogP) is 1.85. The van der Waals surface area contributed by atoms with Gasteiger partial charge in [-0.3, -0.25) is 9.59 Å². The summed E-state index contributed by atoms with van der Waals surface area (Å²) in [5.74, 6) is 1.06. The quantitative estimate of drug-likeness (QED) is 0.744. The molecule has 0 saturated heterocycles. The van der Waals surface area contributed by atoms with E-state index in [1.165, 1.54) is 6.33 Å². The Labute approximate surface area is 135 Å². The summed E-state index contributed by atoms with van der Waals surface area (Å²) in [4.78, 5) is 31.0. The number of fused-ring (bicyclic) bond motifs is 2. The van der Waals surface area contributed by atoms with Crippen LogP contribution in [0.5, 0.6) is 11.5 Å². The van der Waals surface area contributed by atoms with Gasteiger partial charge in [-0.25, -0.2) is 4.98 Å². The molecule has 0 aliphatic carbocycles. The molecular weight excluding hydrogens is 314 g/mol. The number of H-pyrrole nitrogens is 1. The number of hydrogen-bond acceptors (Lipinski definition) is 6. The van der Waals surface area contributed by atoms with Crippen LogP contribution in [0.15, 0.2) is 33.7 Å². The summed E-state index contributed by atoms with van der Waals surface area (Å²) in [7, 11) is 0. The van der Waals surface area contributed by atoms with E-state index < -0.39 is 11.5 Å². The van der Waals surface area contributed by atoms with Gasteiger partial charge in [-0.1, -0.05) is 0 Å². The van der Waals surface area contributed by atoms with E-state index in [1.54, 1.807) is 25.1 Å². The van der Waals surface area contributed by atoms with Gasteiger partial charge < -0.3 is 24.2 Å². The van der Waals surface area contributed by atoms with Crippen LogP contribution in [0.25, 0.3) is 11.1 Å². The Bertz CT molecular complexity index is 1000. The number of furan rings is 1. The van der Waals surface area contributed by atoms with Crippen molar-refractivity contribution in [1.82, 2.24) is 9.97 Å². The number of ether oxygens (including phenoxy) is 2. The lowest BCUT2D eigenvalue weighted by atomic mass is 10.1. The fourth-order valence-corrected chi connectivity index (χ4v) is 2.64. The van der Waals surface area contributed by atoms with E-state index in [0.29, 0.717) is 36.2 Å². The molecule has 0 atom stereocenters. The number of aryl methyl sites for hydroxylation is 1. The first-order valence-corrected chi connectivity index (χ1v) is 7.31. The minimum atomic E-state index is -0.457. The van der Waals surface area contributed by atoms with Crippen molar-refractivity contribution in [2.24, 2.45) is 0 Å². The zero-order valence-electron chi connectivity index (χ0n) is 12.7. The van der Waals surface area contributed by atoms with Crippen molar-refractivity contribution in [2.75, 3.05) is 18.5 Å². The van der Waals surface area contributed by atoms with Gasteiger partial charge >= 0.3 is 0 Å². The van der Waals surface area contributed by atoms with Gasteiger partial charge in [-0.2, -0.15) is 0 Å². The van der Waals surface area contributed by atoms with E-state index in [1.807, 2.05) is 0 Å². The Morgan fingerprint density at radius 3 is 2.88 bits per heavy atom. The number of anilines is 1. The van der Waals surface area contributed by atoms with E-state index >= 15 is 0 Å². The SMILES string of the molecule is Cc1oc2nc[nH]c(=O)c2c1C(=O)Nc1ccc2c(c1)OCCO2. The van der Waals surface area contributed by atoms with E-state index in [0.717, 1.165) is 0 Å². The highest BCUT2D eigenvalue weighted by molar-refractivity contribution is 6.12. The monoisotopic (exact) mass is 327 g/mol. The Hall–Kier alpha value is -3.29. The third-order valence-electron chi connectivity index (χ3n) is 3.70. The highest BCUT2D eigenvalue weighted by atomic mass is 16.6. The maximum Gasteiger partial charge on any atom is 0.262 e. The smallest absolute Gasteiger partial charge is 0.262 e. The molecule has 1 aliphatic heterocycles. The number of amides is 1. The van der Waals surface area contributed by atoms with Crippen LogP contribution >= 0.6 is 0 Å². The summed E-state index contributed by atoms with van der Waals surface area (Å²) >= 11 is 0. The van der Waals surface area contributed by atoms with Crippen molar-refractivity contribution >= 4 is 22.7 Å². The fourth-order valence-electron chi connectivity index (χ4n) is 2.64. The number of rotatable bonds is 2. The molecule has 0 spiro atoms. The molecule has 8 heteroatoms. The van der Waals surface area contributed by atoms with Crippen molar-refractivity contribution < 1.29 is 18.7 Å². The summed E-state index contributed by atoms with van der Waals surface area (Å²) < 4.78 is 16.3. The molecule has 2 N–H and O–H groups in total. The van der Waals surface area contributed by atoms with Crippen molar-refractivity contribution in [1.29, 1.82) is 0 Å².